The van der Waals surface area contributed by atoms with Crippen LogP contribution >= 0.6 is 11.3 Å². The van der Waals surface area contributed by atoms with Gasteiger partial charge in [0, 0.05) is 44.2 Å². The Kier molecular flexibility index (Phi) is 4.09. The van der Waals surface area contributed by atoms with Gasteiger partial charge in [-0.15, -0.1) is 0 Å². The van der Waals surface area contributed by atoms with Crippen LogP contribution in [0, 0.1) is 17.8 Å². The van der Waals surface area contributed by atoms with Crippen LogP contribution in [-0.4, -0.2) is 59.9 Å². The van der Waals surface area contributed by atoms with Gasteiger partial charge in [0.15, 0.2) is 0 Å². The van der Waals surface area contributed by atoms with Gasteiger partial charge in [-0.2, -0.15) is 11.3 Å². The summed E-state index contributed by atoms with van der Waals surface area (Å²) in [5.41, 5.74) is 1.04. The Balaban J connectivity index is 1.22. The Hall–Kier alpha value is -1.40. The molecular formula is C20H27N3O2S. The van der Waals surface area contributed by atoms with E-state index in [1.165, 1.54) is 19.4 Å². The molecule has 0 aromatic carbocycles. The number of likely N-dealkylation sites (tertiary alicyclic amines) is 2. The third-order valence-corrected chi connectivity index (χ3v) is 7.70. The van der Waals surface area contributed by atoms with Crippen molar-refractivity contribution < 1.29 is 9.59 Å². The second kappa shape index (κ2) is 6.34. The Morgan fingerprint density at radius 3 is 2.77 bits per heavy atom. The molecule has 1 aromatic heterocycles. The van der Waals surface area contributed by atoms with Crippen LogP contribution in [0.4, 0.5) is 0 Å². The van der Waals surface area contributed by atoms with Crippen molar-refractivity contribution in [1.82, 2.24) is 15.1 Å². The number of nitrogens with zero attached hydrogens (tertiary/aromatic N) is 2. The molecule has 4 heterocycles. The van der Waals surface area contributed by atoms with E-state index in [0.29, 0.717) is 12.3 Å². The van der Waals surface area contributed by atoms with Gasteiger partial charge in [-0.1, -0.05) is 0 Å². The molecule has 5 rings (SSSR count). The molecule has 0 unspecified atom stereocenters. The zero-order valence-electron chi connectivity index (χ0n) is 15.2. The lowest BCUT2D eigenvalue weighted by molar-refractivity contribution is -0.132. The molecule has 6 heteroatoms. The summed E-state index contributed by atoms with van der Waals surface area (Å²) >= 11 is 1.64. The fourth-order valence-electron chi connectivity index (χ4n) is 5.29. The van der Waals surface area contributed by atoms with Gasteiger partial charge in [0.1, 0.15) is 0 Å². The first-order valence-corrected chi connectivity index (χ1v) is 10.9. The molecule has 0 radical (unpaired) electrons. The van der Waals surface area contributed by atoms with Gasteiger partial charge < -0.3 is 15.1 Å². The van der Waals surface area contributed by atoms with Crippen molar-refractivity contribution in [3.63, 3.8) is 0 Å². The lowest BCUT2D eigenvalue weighted by Gasteiger charge is -2.43. The molecule has 0 bridgehead atoms. The number of hydrogen-bond acceptors (Lipinski definition) is 4. The number of nitrogens with one attached hydrogen (secondary N) is 1. The molecule has 2 atom stereocenters. The van der Waals surface area contributed by atoms with Gasteiger partial charge in [0.25, 0.3) is 0 Å². The average Bonchev–Trinajstić information content (AvgIpc) is 3.03. The first-order valence-electron chi connectivity index (χ1n) is 9.96. The van der Waals surface area contributed by atoms with Crippen LogP contribution in [0.25, 0.3) is 0 Å². The summed E-state index contributed by atoms with van der Waals surface area (Å²) in [7, 11) is 0. The van der Waals surface area contributed by atoms with Gasteiger partial charge in [-0.3, -0.25) is 9.59 Å². The molecule has 26 heavy (non-hydrogen) atoms. The van der Waals surface area contributed by atoms with E-state index in [4.69, 9.17) is 0 Å². The molecular weight excluding hydrogens is 346 g/mol. The van der Waals surface area contributed by atoms with Crippen molar-refractivity contribution in [3.8, 4) is 0 Å². The van der Waals surface area contributed by atoms with Crippen LogP contribution in [0.2, 0.25) is 0 Å². The van der Waals surface area contributed by atoms with Gasteiger partial charge in [-0.25, -0.2) is 0 Å². The third-order valence-electron chi connectivity index (χ3n) is 6.97. The highest BCUT2D eigenvalue weighted by Crippen LogP contribution is 2.45. The lowest BCUT2D eigenvalue weighted by Crippen LogP contribution is -2.56. The maximum Gasteiger partial charge on any atom is 0.227 e. The number of carbonyl (C=O) groups excluding carboxylic acids is 2. The fourth-order valence-corrected chi connectivity index (χ4v) is 5.96. The van der Waals surface area contributed by atoms with Crippen LogP contribution in [0.15, 0.2) is 16.8 Å². The number of hydrogen-bond donors (Lipinski definition) is 1. The van der Waals surface area contributed by atoms with Crippen molar-refractivity contribution in [3.05, 3.63) is 22.4 Å². The van der Waals surface area contributed by atoms with Crippen molar-refractivity contribution in [2.75, 3.05) is 32.7 Å². The van der Waals surface area contributed by atoms with Crippen molar-refractivity contribution in [2.45, 2.75) is 37.6 Å². The van der Waals surface area contributed by atoms with E-state index in [0.717, 1.165) is 50.5 Å². The first-order chi connectivity index (χ1) is 12.6. The predicted molar refractivity (Wildman–Crippen MR) is 101 cm³/mol. The number of amides is 2. The standard InChI is InChI=1S/C20H27N3O2S/c24-18(9-15-3-8-26-13-15)23-6-4-20(5-7-23)17-12-22(10-14-1-2-14)11-16(17)19(25)21-20/h3,8,13-14,16-17H,1-2,4-7,9-12H2,(H,21,25)/t16-,17+/m1/s1. The van der Waals surface area contributed by atoms with Crippen molar-refractivity contribution >= 4 is 23.2 Å². The average molecular weight is 374 g/mol. The molecule has 1 aliphatic carbocycles. The molecule has 3 aliphatic heterocycles. The summed E-state index contributed by atoms with van der Waals surface area (Å²) in [6.45, 7) is 4.73. The minimum absolute atomic E-state index is 0.0702. The minimum Gasteiger partial charge on any atom is -0.350 e. The van der Waals surface area contributed by atoms with E-state index in [1.807, 2.05) is 16.3 Å². The highest BCUT2D eigenvalue weighted by molar-refractivity contribution is 7.08. The van der Waals surface area contributed by atoms with E-state index >= 15 is 0 Å². The van der Waals surface area contributed by atoms with Gasteiger partial charge in [-0.05, 0) is 54.0 Å². The number of fused-ring (bicyclic) bond motifs is 2. The Morgan fingerprint density at radius 2 is 2.08 bits per heavy atom. The van der Waals surface area contributed by atoms with E-state index in [-0.39, 0.29) is 23.3 Å². The molecule has 2 amide bonds. The molecule has 1 spiro atoms. The molecule has 1 saturated carbocycles. The van der Waals surface area contributed by atoms with Crippen LogP contribution in [0.1, 0.15) is 31.2 Å². The summed E-state index contributed by atoms with van der Waals surface area (Å²) in [6, 6.07) is 2.03. The summed E-state index contributed by atoms with van der Waals surface area (Å²) in [5, 5.41) is 7.44. The lowest BCUT2D eigenvalue weighted by atomic mass is 9.75. The quantitative estimate of drug-likeness (QED) is 0.875. The van der Waals surface area contributed by atoms with Crippen LogP contribution in [0.3, 0.4) is 0 Å². The smallest absolute Gasteiger partial charge is 0.227 e. The molecule has 3 saturated heterocycles. The zero-order chi connectivity index (χ0) is 17.7. The minimum atomic E-state index is -0.0702. The molecule has 4 fully saturated rings. The normalized spacial score (nSPS) is 30.6. The van der Waals surface area contributed by atoms with Crippen LogP contribution in [-0.2, 0) is 16.0 Å². The van der Waals surface area contributed by atoms with E-state index in [1.54, 1.807) is 11.3 Å². The van der Waals surface area contributed by atoms with Gasteiger partial charge in [0.2, 0.25) is 11.8 Å². The largest absolute Gasteiger partial charge is 0.350 e. The fraction of sp³-hybridized carbons (Fsp3) is 0.700. The SMILES string of the molecule is O=C1NC2(CCN(C(=O)Cc3ccsc3)CC2)[C@H]2CN(CC3CC3)C[C@@H]12. The van der Waals surface area contributed by atoms with E-state index in [9.17, 15) is 9.59 Å². The number of thiophene rings is 1. The Labute approximate surface area is 158 Å². The molecule has 140 valence electrons. The molecule has 1 N–H and O–H groups in total. The van der Waals surface area contributed by atoms with Gasteiger partial charge in [0.05, 0.1) is 12.3 Å². The second-order valence-corrected chi connectivity index (χ2v) is 9.49. The summed E-state index contributed by atoms with van der Waals surface area (Å²) < 4.78 is 0. The van der Waals surface area contributed by atoms with Crippen LogP contribution in [0.5, 0.6) is 0 Å². The highest BCUT2D eigenvalue weighted by Gasteiger charge is 2.57. The molecule has 4 aliphatic rings. The summed E-state index contributed by atoms with van der Waals surface area (Å²) in [4.78, 5) is 29.7. The van der Waals surface area contributed by atoms with Crippen LogP contribution < -0.4 is 5.32 Å². The topological polar surface area (TPSA) is 52.7 Å². The van der Waals surface area contributed by atoms with Gasteiger partial charge >= 0.3 is 0 Å². The summed E-state index contributed by atoms with van der Waals surface area (Å²) in [6.07, 6.45) is 5.05. The Bertz CT molecular complexity index is 692. The molecule has 1 aromatic rings. The van der Waals surface area contributed by atoms with Crippen molar-refractivity contribution in [2.24, 2.45) is 17.8 Å². The predicted octanol–water partition coefficient (Wildman–Crippen LogP) is 1.74. The first kappa shape index (κ1) is 16.8. The maximum absolute atomic E-state index is 12.6. The maximum atomic E-state index is 12.6. The monoisotopic (exact) mass is 373 g/mol. The van der Waals surface area contributed by atoms with E-state index in [2.05, 4.69) is 15.6 Å². The highest BCUT2D eigenvalue weighted by atomic mass is 32.1. The third kappa shape index (κ3) is 2.97. The number of rotatable bonds is 4. The molecule has 5 nitrogen and oxygen atoms in total. The number of carbonyl (C=O) groups is 2. The summed E-state index contributed by atoms with van der Waals surface area (Å²) in [5.74, 6) is 1.96. The second-order valence-electron chi connectivity index (χ2n) is 8.71. The zero-order valence-corrected chi connectivity index (χ0v) is 16.0. The van der Waals surface area contributed by atoms with Crippen molar-refractivity contribution in [1.29, 1.82) is 0 Å². The Morgan fingerprint density at radius 1 is 1.27 bits per heavy atom. The van der Waals surface area contributed by atoms with E-state index < -0.39 is 0 Å². The number of piperidine rings is 1.